The van der Waals surface area contributed by atoms with Crippen molar-refractivity contribution in [3.8, 4) is 0 Å². The number of amides is 1. The number of aryl methyl sites for hydroxylation is 2. The summed E-state index contributed by atoms with van der Waals surface area (Å²) >= 11 is 0. The first-order valence-corrected chi connectivity index (χ1v) is 8.44. The number of ether oxygens (including phenoxy) is 1. The highest BCUT2D eigenvalue weighted by atomic mass is 19.4. The molecule has 10 heteroatoms. The van der Waals surface area contributed by atoms with Gasteiger partial charge in [-0.15, -0.1) is 5.10 Å². The quantitative estimate of drug-likeness (QED) is 0.869. The van der Waals surface area contributed by atoms with Crippen molar-refractivity contribution in [2.24, 2.45) is 0 Å². The van der Waals surface area contributed by atoms with Crippen LogP contribution >= 0.6 is 0 Å². The highest BCUT2D eigenvalue weighted by molar-refractivity contribution is 5.76. The van der Waals surface area contributed by atoms with Gasteiger partial charge in [-0.05, 0) is 38.7 Å². The summed E-state index contributed by atoms with van der Waals surface area (Å²) < 4.78 is 44.9. The van der Waals surface area contributed by atoms with Gasteiger partial charge in [-0.25, -0.2) is 9.50 Å². The Hall–Kier alpha value is -2.23. The number of halogens is 3. The maximum atomic E-state index is 12.8. The van der Waals surface area contributed by atoms with E-state index in [0.717, 1.165) is 24.0 Å². The molecule has 0 spiro atoms. The molecule has 3 heterocycles. The highest BCUT2D eigenvalue weighted by Crippen LogP contribution is 2.27. The third kappa shape index (κ3) is 3.95. The molecule has 142 valence electrons. The average molecular weight is 371 g/mol. The van der Waals surface area contributed by atoms with Crippen LogP contribution in [0.4, 0.5) is 13.2 Å². The van der Waals surface area contributed by atoms with E-state index in [0.29, 0.717) is 29.9 Å². The Balaban J connectivity index is 1.69. The van der Waals surface area contributed by atoms with E-state index in [2.05, 4.69) is 20.4 Å². The van der Waals surface area contributed by atoms with Crippen LogP contribution in [0.5, 0.6) is 0 Å². The monoisotopic (exact) mass is 371 g/mol. The smallest absolute Gasteiger partial charge is 0.376 e. The second-order valence-corrected chi connectivity index (χ2v) is 6.35. The van der Waals surface area contributed by atoms with Crippen LogP contribution in [0.1, 0.15) is 42.0 Å². The Kier molecular flexibility index (Phi) is 5.12. The van der Waals surface area contributed by atoms with Gasteiger partial charge in [0, 0.05) is 31.0 Å². The van der Waals surface area contributed by atoms with Gasteiger partial charge in [0.15, 0.2) is 0 Å². The number of aromatic nitrogens is 4. The average Bonchev–Trinajstić information content (AvgIpc) is 3.21. The lowest BCUT2D eigenvalue weighted by Gasteiger charge is -2.12. The molecule has 1 aliphatic heterocycles. The summed E-state index contributed by atoms with van der Waals surface area (Å²) in [7, 11) is 0. The van der Waals surface area contributed by atoms with Crippen LogP contribution in [0, 0.1) is 13.8 Å². The molecule has 1 amide bonds. The van der Waals surface area contributed by atoms with Crippen LogP contribution in [-0.4, -0.2) is 44.7 Å². The van der Waals surface area contributed by atoms with Gasteiger partial charge in [-0.1, -0.05) is 0 Å². The fourth-order valence-electron chi connectivity index (χ4n) is 3.05. The maximum Gasteiger partial charge on any atom is 0.453 e. The van der Waals surface area contributed by atoms with E-state index in [-0.39, 0.29) is 24.2 Å². The molecule has 0 unspecified atom stereocenters. The molecule has 0 saturated carbocycles. The first kappa shape index (κ1) is 18.6. The van der Waals surface area contributed by atoms with Crippen molar-refractivity contribution in [2.45, 2.75) is 51.8 Å². The zero-order chi connectivity index (χ0) is 18.9. The van der Waals surface area contributed by atoms with Crippen molar-refractivity contribution in [1.82, 2.24) is 24.9 Å². The van der Waals surface area contributed by atoms with E-state index >= 15 is 0 Å². The largest absolute Gasteiger partial charge is 0.453 e. The van der Waals surface area contributed by atoms with Crippen LogP contribution in [0.25, 0.3) is 5.78 Å². The van der Waals surface area contributed by atoms with Crippen LogP contribution in [0.3, 0.4) is 0 Å². The molecule has 1 saturated heterocycles. The number of alkyl halides is 3. The first-order chi connectivity index (χ1) is 12.3. The summed E-state index contributed by atoms with van der Waals surface area (Å²) in [6, 6.07) is 0. The molecular formula is C16H20F3N5O2. The van der Waals surface area contributed by atoms with Gasteiger partial charge < -0.3 is 10.1 Å². The highest BCUT2D eigenvalue weighted by Gasteiger charge is 2.37. The molecule has 0 aromatic carbocycles. The third-order valence-corrected chi connectivity index (χ3v) is 4.46. The standard InChI is InChI=1S/C16H20F3N5O2/c1-9-12(5-6-13(25)20-8-11-4-3-7-26-11)10(2)24-15(21-9)22-14(23-24)16(17,18)19/h11H,3-8H2,1-2H3,(H,20,25)/t11-/m0/s1. The Morgan fingerprint density at radius 1 is 1.35 bits per heavy atom. The summed E-state index contributed by atoms with van der Waals surface area (Å²) in [4.78, 5) is 19.6. The van der Waals surface area contributed by atoms with Crippen molar-refractivity contribution in [2.75, 3.05) is 13.2 Å². The number of fused-ring (bicyclic) bond motifs is 1. The summed E-state index contributed by atoms with van der Waals surface area (Å²) in [6.45, 7) is 4.54. The topological polar surface area (TPSA) is 81.4 Å². The summed E-state index contributed by atoms with van der Waals surface area (Å²) in [5.74, 6) is -1.45. The minimum absolute atomic E-state index is 0.0661. The SMILES string of the molecule is Cc1nc2nc(C(F)(F)F)nn2c(C)c1CCC(=O)NC[C@@H]1CCCO1. The number of hydrogen-bond acceptors (Lipinski definition) is 5. The van der Waals surface area contributed by atoms with E-state index in [1.54, 1.807) is 13.8 Å². The Morgan fingerprint density at radius 2 is 2.12 bits per heavy atom. The molecule has 2 aromatic rings. The summed E-state index contributed by atoms with van der Waals surface area (Å²) in [5.41, 5.74) is 1.74. The minimum Gasteiger partial charge on any atom is -0.376 e. The lowest BCUT2D eigenvalue weighted by molar-refractivity contribution is -0.144. The summed E-state index contributed by atoms with van der Waals surface area (Å²) in [6.07, 6.45) is -2.05. The van der Waals surface area contributed by atoms with Crippen molar-refractivity contribution in [3.63, 3.8) is 0 Å². The third-order valence-electron chi connectivity index (χ3n) is 4.46. The van der Waals surface area contributed by atoms with Gasteiger partial charge in [-0.2, -0.15) is 18.2 Å². The van der Waals surface area contributed by atoms with E-state index in [1.165, 1.54) is 0 Å². The molecule has 1 N–H and O–H groups in total. The molecule has 2 aromatic heterocycles. The zero-order valence-corrected chi connectivity index (χ0v) is 14.6. The maximum absolute atomic E-state index is 12.8. The lowest BCUT2D eigenvalue weighted by atomic mass is 10.1. The molecule has 3 rings (SSSR count). The van der Waals surface area contributed by atoms with Crippen LogP contribution < -0.4 is 5.32 Å². The number of nitrogens with zero attached hydrogens (tertiary/aromatic N) is 4. The van der Waals surface area contributed by atoms with Gasteiger partial charge in [-0.3, -0.25) is 4.79 Å². The normalized spacial score (nSPS) is 17.8. The minimum atomic E-state index is -4.63. The second-order valence-electron chi connectivity index (χ2n) is 6.35. The molecule has 7 nitrogen and oxygen atoms in total. The van der Waals surface area contributed by atoms with Crippen LogP contribution in [0.15, 0.2) is 0 Å². The molecular weight excluding hydrogens is 351 g/mol. The summed E-state index contributed by atoms with van der Waals surface area (Å²) in [5, 5.41) is 6.33. The van der Waals surface area contributed by atoms with Gasteiger partial charge in [0.2, 0.25) is 5.91 Å². The van der Waals surface area contributed by atoms with Crippen molar-refractivity contribution < 1.29 is 22.7 Å². The van der Waals surface area contributed by atoms with Crippen molar-refractivity contribution in [3.05, 3.63) is 22.8 Å². The van der Waals surface area contributed by atoms with Crippen molar-refractivity contribution in [1.29, 1.82) is 0 Å². The van der Waals surface area contributed by atoms with E-state index in [1.807, 2.05) is 0 Å². The molecule has 1 aliphatic rings. The number of hydrogen-bond donors (Lipinski definition) is 1. The van der Waals surface area contributed by atoms with E-state index in [4.69, 9.17) is 4.74 Å². The Morgan fingerprint density at radius 3 is 2.77 bits per heavy atom. The molecule has 0 bridgehead atoms. The number of carbonyl (C=O) groups excluding carboxylic acids is 1. The predicted octanol–water partition coefficient (Wildman–Crippen LogP) is 1.99. The predicted molar refractivity (Wildman–Crippen MR) is 85.6 cm³/mol. The molecule has 0 aliphatic carbocycles. The number of nitrogens with one attached hydrogen (secondary N) is 1. The van der Waals surface area contributed by atoms with Gasteiger partial charge >= 0.3 is 6.18 Å². The Labute approximate surface area is 148 Å². The molecule has 26 heavy (non-hydrogen) atoms. The van der Waals surface area contributed by atoms with Gasteiger partial charge in [0.05, 0.1) is 6.10 Å². The molecule has 0 radical (unpaired) electrons. The fourth-order valence-corrected chi connectivity index (χ4v) is 3.05. The molecule has 1 atom stereocenters. The lowest BCUT2D eigenvalue weighted by Crippen LogP contribution is -2.32. The number of carbonyl (C=O) groups is 1. The van der Waals surface area contributed by atoms with Crippen LogP contribution in [-0.2, 0) is 22.1 Å². The zero-order valence-electron chi connectivity index (χ0n) is 14.6. The van der Waals surface area contributed by atoms with E-state index in [9.17, 15) is 18.0 Å². The fraction of sp³-hybridized carbons (Fsp3) is 0.625. The van der Waals surface area contributed by atoms with Gasteiger partial charge in [0.1, 0.15) is 0 Å². The first-order valence-electron chi connectivity index (χ1n) is 8.44. The Bertz CT molecular complexity index is 812. The van der Waals surface area contributed by atoms with E-state index < -0.39 is 12.0 Å². The molecule has 1 fully saturated rings. The van der Waals surface area contributed by atoms with Crippen molar-refractivity contribution >= 4 is 11.7 Å². The number of rotatable bonds is 5. The second kappa shape index (κ2) is 7.18. The van der Waals surface area contributed by atoms with Crippen LogP contribution in [0.2, 0.25) is 0 Å². The van der Waals surface area contributed by atoms with Gasteiger partial charge in [0.25, 0.3) is 11.6 Å².